The Morgan fingerprint density at radius 1 is 1.03 bits per heavy atom. The molecule has 4 nitrogen and oxygen atoms in total. The van der Waals surface area contributed by atoms with E-state index in [2.05, 4.69) is 0 Å². The van der Waals surface area contributed by atoms with E-state index in [9.17, 15) is 31.1 Å². The first-order chi connectivity index (χ1) is 14.4. The van der Waals surface area contributed by atoms with Gasteiger partial charge in [0.15, 0.2) is 5.17 Å². The maximum absolute atomic E-state index is 13.3. The molecule has 2 aliphatic rings. The van der Waals surface area contributed by atoms with E-state index in [0.29, 0.717) is 23.1 Å². The molecule has 32 heavy (non-hydrogen) atoms. The molecule has 1 aromatic rings. The van der Waals surface area contributed by atoms with Crippen LogP contribution in [0.2, 0.25) is 0 Å². The van der Waals surface area contributed by atoms with Crippen molar-refractivity contribution >= 4 is 40.9 Å². The minimum Gasteiger partial charge on any atom is -0.333 e. The van der Waals surface area contributed by atoms with Crippen molar-refractivity contribution in [1.29, 1.82) is 0 Å². The number of benzene rings is 1. The molecule has 1 saturated carbocycles. The number of hydrogen-bond donors (Lipinski definition) is 0. The van der Waals surface area contributed by atoms with Crippen LogP contribution in [0.3, 0.4) is 0 Å². The normalized spacial score (nSPS) is 21.6. The van der Waals surface area contributed by atoms with E-state index in [4.69, 9.17) is 4.99 Å². The lowest BCUT2D eigenvalue weighted by Gasteiger charge is -2.33. The average molecular weight is 504 g/mol. The Labute approximate surface area is 192 Å². The highest BCUT2D eigenvalue weighted by atomic mass is 35.5. The quantitative estimate of drug-likeness (QED) is 0.461. The van der Waals surface area contributed by atoms with Gasteiger partial charge in [-0.1, -0.05) is 31.0 Å². The van der Waals surface area contributed by atoms with Crippen LogP contribution in [-0.4, -0.2) is 41.0 Å². The number of thioether (sulfide) groups is 1. The van der Waals surface area contributed by atoms with Crippen LogP contribution < -0.4 is 4.90 Å². The Morgan fingerprint density at radius 2 is 1.56 bits per heavy atom. The van der Waals surface area contributed by atoms with Crippen LogP contribution in [0.5, 0.6) is 0 Å². The van der Waals surface area contributed by atoms with Crippen LogP contribution in [0.1, 0.15) is 50.2 Å². The third kappa shape index (κ3) is 6.03. The summed E-state index contributed by atoms with van der Waals surface area (Å²) in [5.74, 6) is -0.358. The lowest BCUT2D eigenvalue weighted by atomic mass is 9.96. The number of halogens is 7. The van der Waals surface area contributed by atoms with Crippen LogP contribution in [0, 0.1) is 0 Å². The average Bonchev–Trinajstić information content (AvgIpc) is 3.01. The number of amides is 1. The fourth-order valence-corrected chi connectivity index (χ4v) is 5.09. The molecule has 1 amide bonds. The fourth-order valence-electron chi connectivity index (χ4n) is 3.87. The fraction of sp³-hybridized carbons (Fsp3) is 0.600. The number of carbonyl (C=O) groups excluding carboxylic acids is 1. The first-order valence-corrected chi connectivity index (χ1v) is 10.9. The Hall–Kier alpha value is -1.62. The van der Waals surface area contributed by atoms with Crippen molar-refractivity contribution in [2.24, 2.45) is 4.99 Å². The Morgan fingerprint density at radius 3 is 2.03 bits per heavy atom. The lowest BCUT2D eigenvalue weighted by Crippen LogP contribution is -2.48. The molecule has 1 unspecified atom stereocenters. The number of aliphatic imine (C=N–C) groups is 1. The zero-order valence-corrected chi connectivity index (χ0v) is 19.1. The summed E-state index contributed by atoms with van der Waals surface area (Å²) in [6.07, 6.45) is -5.52. The maximum atomic E-state index is 13.3. The minimum atomic E-state index is -4.98. The maximum Gasteiger partial charge on any atom is 0.416 e. The van der Waals surface area contributed by atoms with Crippen molar-refractivity contribution in [3.05, 3.63) is 29.3 Å². The number of rotatable bonds is 3. The molecule has 1 aliphatic carbocycles. The number of amidine groups is 1. The van der Waals surface area contributed by atoms with Gasteiger partial charge in [-0.2, -0.15) is 26.3 Å². The van der Waals surface area contributed by atoms with E-state index in [-0.39, 0.29) is 24.5 Å². The minimum absolute atomic E-state index is 0. The van der Waals surface area contributed by atoms with Crippen molar-refractivity contribution < 1.29 is 31.1 Å². The van der Waals surface area contributed by atoms with Gasteiger partial charge in [0.25, 0.3) is 0 Å². The first kappa shape index (κ1) is 26.6. The third-order valence-corrected chi connectivity index (χ3v) is 6.58. The summed E-state index contributed by atoms with van der Waals surface area (Å²) >= 11 is 1.35. The highest BCUT2D eigenvalue weighted by Gasteiger charge is 2.40. The molecular formula is C20H24ClF6N3OS. The van der Waals surface area contributed by atoms with E-state index in [1.807, 2.05) is 0 Å². The van der Waals surface area contributed by atoms with Gasteiger partial charge in [0.1, 0.15) is 6.17 Å². The molecule has 1 atom stereocenters. The molecule has 180 valence electrons. The van der Waals surface area contributed by atoms with Crippen molar-refractivity contribution in [3.63, 3.8) is 0 Å². The molecule has 1 aromatic carbocycles. The van der Waals surface area contributed by atoms with Gasteiger partial charge in [-0.25, -0.2) is 0 Å². The summed E-state index contributed by atoms with van der Waals surface area (Å²) < 4.78 is 79.6. The molecule has 0 aromatic heterocycles. The Bertz CT molecular complexity index is 822. The summed E-state index contributed by atoms with van der Waals surface area (Å²) in [5.41, 5.74) is -3.34. The highest BCUT2D eigenvalue weighted by molar-refractivity contribution is 8.14. The van der Waals surface area contributed by atoms with Gasteiger partial charge in [0.05, 0.1) is 17.2 Å². The van der Waals surface area contributed by atoms with E-state index in [0.717, 1.165) is 43.9 Å². The van der Waals surface area contributed by atoms with Gasteiger partial charge in [0, 0.05) is 25.4 Å². The molecule has 1 saturated heterocycles. The van der Waals surface area contributed by atoms with Crippen molar-refractivity contribution in [1.82, 2.24) is 4.90 Å². The van der Waals surface area contributed by atoms with Gasteiger partial charge in [-0.05, 0) is 31.0 Å². The van der Waals surface area contributed by atoms with E-state index in [1.165, 1.54) is 11.8 Å². The number of anilines is 1. The largest absolute Gasteiger partial charge is 0.416 e. The molecule has 3 rings (SSSR count). The summed E-state index contributed by atoms with van der Waals surface area (Å²) in [6, 6.07) is 1.38. The van der Waals surface area contributed by atoms with Crippen molar-refractivity contribution in [2.45, 2.75) is 63.6 Å². The molecule has 1 aliphatic heterocycles. The number of alkyl halides is 6. The van der Waals surface area contributed by atoms with Crippen LogP contribution in [-0.2, 0) is 17.1 Å². The molecule has 0 radical (unpaired) electrons. The predicted molar refractivity (Wildman–Crippen MR) is 115 cm³/mol. The van der Waals surface area contributed by atoms with E-state index in [1.54, 1.807) is 11.9 Å². The third-order valence-electron chi connectivity index (χ3n) is 5.47. The topological polar surface area (TPSA) is 35.9 Å². The zero-order valence-electron chi connectivity index (χ0n) is 17.5. The second-order valence-electron chi connectivity index (χ2n) is 7.76. The van der Waals surface area contributed by atoms with Crippen LogP contribution in [0.4, 0.5) is 32.0 Å². The second-order valence-corrected chi connectivity index (χ2v) is 8.75. The summed E-state index contributed by atoms with van der Waals surface area (Å²) in [7, 11) is 1.65. The number of hydrogen-bond acceptors (Lipinski definition) is 3. The second kappa shape index (κ2) is 10.1. The van der Waals surface area contributed by atoms with Gasteiger partial charge in [-0.15, -0.1) is 12.4 Å². The first-order valence-electron chi connectivity index (χ1n) is 9.90. The van der Waals surface area contributed by atoms with Crippen LogP contribution >= 0.6 is 24.2 Å². The van der Waals surface area contributed by atoms with Gasteiger partial charge in [0.2, 0.25) is 5.91 Å². The predicted octanol–water partition coefficient (Wildman–Crippen LogP) is 6.19. The smallest absolute Gasteiger partial charge is 0.333 e. The summed E-state index contributed by atoms with van der Waals surface area (Å²) in [5, 5.41) is 0.645. The van der Waals surface area contributed by atoms with Crippen LogP contribution in [0.25, 0.3) is 0 Å². The standard InChI is InChI=1S/C20H23F6N3OS.ClH/c1-12(30)29(16-9-13(19(21,22)23)8-14(10-16)20(24,25)26)17-11-31-18(28(17)2)27-15-6-4-3-5-7-15;/h8-10,15,17H,3-7,11H2,1-2H3;1H. The zero-order chi connectivity index (χ0) is 23.0. The molecule has 0 spiro atoms. The van der Waals surface area contributed by atoms with E-state index >= 15 is 0 Å². The number of carbonyl (C=O) groups is 1. The molecule has 1 heterocycles. The monoisotopic (exact) mass is 503 g/mol. The summed E-state index contributed by atoms with van der Waals surface area (Å²) in [4.78, 5) is 19.8. The van der Waals surface area contributed by atoms with Crippen molar-refractivity contribution in [2.75, 3.05) is 17.7 Å². The highest BCUT2D eigenvalue weighted by Crippen LogP contribution is 2.40. The molecule has 12 heteroatoms. The Kier molecular flexibility index (Phi) is 8.41. The van der Waals surface area contributed by atoms with E-state index < -0.39 is 41.2 Å². The van der Waals surface area contributed by atoms with Gasteiger partial charge < -0.3 is 4.90 Å². The SMILES string of the molecule is CC(=O)N(c1cc(C(F)(F)F)cc(C(F)(F)F)c1)C1CSC(=NC2CCCCC2)N1C.Cl. The number of nitrogens with zero attached hydrogens (tertiary/aromatic N) is 3. The molecule has 0 bridgehead atoms. The van der Waals surface area contributed by atoms with Gasteiger partial charge >= 0.3 is 12.4 Å². The molecular weight excluding hydrogens is 480 g/mol. The Balaban J connectivity index is 0.00000363. The lowest BCUT2D eigenvalue weighted by molar-refractivity contribution is -0.143. The molecule has 2 fully saturated rings. The molecule has 0 N–H and O–H groups in total. The van der Waals surface area contributed by atoms with Crippen molar-refractivity contribution in [3.8, 4) is 0 Å². The summed E-state index contributed by atoms with van der Waals surface area (Å²) in [6.45, 7) is 1.13. The van der Waals surface area contributed by atoms with Gasteiger partial charge in [-0.3, -0.25) is 14.7 Å². The van der Waals surface area contributed by atoms with Crippen LogP contribution in [0.15, 0.2) is 23.2 Å².